The van der Waals surface area contributed by atoms with Crippen LogP contribution in [-0.4, -0.2) is 57.8 Å². The summed E-state index contributed by atoms with van der Waals surface area (Å²) < 4.78 is 25.6. The molecular weight excluding hydrogens is 264 g/mol. The van der Waals surface area contributed by atoms with E-state index in [0.717, 1.165) is 0 Å². The molecule has 0 saturated heterocycles. The lowest BCUT2D eigenvalue weighted by molar-refractivity contribution is -0.160. The highest BCUT2D eigenvalue weighted by Gasteiger charge is 2.15. The lowest BCUT2D eigenvalue weighted by Gasteiger charge is -2.19. The second kappa shape index (κ2) is 11.7. The van der Waals surface area contributed by atoms with Gasteiger partial charge in [-0.3, -0.25) is 0 Å². The van der Waals surface area contributed by atoms with Crippen LogP contribution in [0, 0.1) is 0 Å². The third-order valence-electron chi connectivity index (χ3n) is 1.85. The highest BCUT2D eigenvalue weighted by atomic mass is 16.6. The van der Waals surface area contributed by atoms with Crippen LogP contribution < -0.4 is 0 Å². The van der Waals surface area contributed by atoms with Gasteiger partial charge < -0.3 is 23.7 Å². The predicted molar refractivity (Wildman–Crippen MR) is 74.5 cm³/mol. The summed E-state index contributed by atoms with van der Waals surface area (Å²) >= 11 is 0. The molecule has 118 valence electrons. The van der Waals surface area contributed by atoms with E-state index in [-0.39, 0.29) is 12.6 Å². The summed E-state index contributed by atoms with van der Waals surface area (Å²) in [6.07, 6.45) is 1.38. The molecule has 0 aromatic heterocycles. The molecule has 0 radical (unpaired) electrons. The number of rotatable bonds is 12. The van der Waals surface area contributed by atoms with Crippen LogP contribution in [0.1, 0.15) is 20.8 Å². The number of esters is 1. The molecule has 0 atom stereocenters. The van der Waals surface area contributed by atoms with Gasteiger partial charge in [0, 0.05) is 0 Å². The Kier molecular flexibility index (Phi) is 11.0. The molecule has 0 rings (SSSR count). The second-order valence-corrected chi connectivity index (χ2v) is 4.90. The van der Waals surface area contributed by atoms with Gasteiger partial charge in [-0.05, 0) is 20.8 Å². The van der Waals surface area contributed by atoms with Crippen LogP contribution in [-0.2, 0) is 28.5 Å². The molecule has 0 fully saturated rings. The van der Waals surface area contributed by atoms with Gasteiger partial charge in [0.2, 0.25) is 0 Å². The Morgan fingerprint density at radius 1 is 0.950 bits per heavy atom. The molecule has 0 aromatic carbocycles. The van der Waals surface area contributed by atoms with E-state index in [9.17, 15) is 4.79 Å². The SMILES string of the molecule is C=COCCOCCOCCOCC(=O)OC(C)(C)C. The van der Waals surface area contributed by atoms with Crippen LogP contribution in [0.15, 0.2) is 12.8 Å². The summed E-state index contributed by atoms with van der Waals surface area (Å²) in [5.41, 5.74) is -0.483. The highest BCUT2D eigenvalue weighted by molar-refractivity contribution is 5.71. The zero-order chi connectivity index (χ0) is 15.3. The van der Waals surface area contributed by atoms with Gasteiger partial charge in [-0.25, -0.2) is 4.79 Å². The average molecular weight is 290 g/mol. The quantitative estimate of drug-likeness (QED) is 0.309. The van der Waals surface area contributed by atoms with E-state index in [4.69, 9.17) is 23.7 Å². The van der Waals surface area contributed by atoms with Gasteiger partial charge in [-0.15, -0.1) is 0 Å². The Hall–Kier alpha value is -1.11. The van der Waals surface area contributed by atoms with Crippen molar-refractivity contribution in [1.82, 2.24) is 0 Å². The number of hydrogen-bond acceptors (Lipinski definition) is 6. The van der Waals surface area contributed by atoms with Crippen LogP contribution >= 0.6 is 0 Å². The molecular formula is C14H26O6. The monoisotopic (exact) mass is 290 g/mol. The maximum absolute atomic E-state index is 11.3. The number of carbonyl (C=O) groups excluding carboxylic acids is 1. The minimum absolute atomic E-state index is 0.0595. The molecule has 0 N–H and O–H groups in total. The maximum atomic E-state index is 11.3. The number of carbonyl (C=O) groups is 1. The molecule has 0 aliphatic heterocycles. The Labute approximate surface area is 121 Å². The molecule has 0 spiro atoms. The first-order valence-corrected chi connectivity index (χ1v) is 6.63. The third kappa shape index (κ3) is 14.9. The van der Waals surface area contributed by atoms with Crippen molar-refractivity contribution in [2.24, 2.45) is 0 Å². The van der Waals surface area contributed by atoms with Crippen molar-refractivity contribution in [3.8, 4) is 0 Å². The Balaban J connectivity index is 3.20. The van der Waals surface area contributed by atoms with Gasteiger partial charge in [0.05, 0.1) is 39.3 Å². The van der Waals surface area contributed by atoms with Crippen molar-refractivity contribution in [2.45, 2.75) is 26.4 Å². The predicted octanol–water partition coefficient (Wildman–Crippen LogP) is 1.54. The summed E-state index contributed by atoms with van der Waals surface area (Å²) in [6.45, 7) is 11.5. The van der Waals surface area contributed by atoms with Gasteiger partial charge in [0.25, 0.3) is 0 Å². The van der Waals surface area contributed by atoms with Crippen LogP contribution in [0.5, 0.6) is 0 Å². The zero-order valence-corrected chi connectivity index (χ0v) is 12.7. The van der Waals surface area contributed by atoms with Crippen molar-refractivity contribution in [3.63, 3.8) is 0 Å². The van der Waals surface area contributed by atoms with E-state index in [1.165, 1.54) is 6.26 Å². The van der Waals surface area contributed by atoms with Crippen molar-refractivity contribution >= 4 is 5.97 Å². The molecule has 0 saturated carbocycles. The molecule has 20 heavy (non-hydrogen) atoms. The van der Waals surface area contributed by atoms with Gasteiger partial charge in [0.15, 0.2) is 0 Å². The van der Waals surface area contributed by atoms with Gasteiger partial charge in [-0.2, -0.15) is 0 Å². The largest absolute Gasteiger partial charge is 0.499 e. The normalized spacial score (nSPS) is 11.2. The Bertz CT molecular complexity index is 259. The Morgan fingerprint density at radius 3 is 1.95 bits per heavy atom. The van der Waals surface area contributed by atoms with E-state index in [2.05, 4.69) is 6.58 Å². The molecule has 6 nitrogen and oxygen atoms in total. The topological polar surface area (TPSA) is 63.2 Å². The molecule has 6 heteroatoms. The average Bonchev–Trinajstić information content (AvgIpc) is 2.34. The fourth-order valence-corrected chi connectivity index (χ4v) is 1.16. The fraction of sp³-hybridized carbons (Fsp3) is 0.786. The highest BCUT2D eigenvalue weighted by Crippen LogP contribution is 2.06. The first kappa shape index (κ1) is 18.9. The maximum Gasteiger partial charge on any atom is 0.332 e. The second-order valence-electron chi connectivity index (χ2n) is 4.90. The lowest BCUT2D eigenvalue weighted by atomic mass is 10.2. The van der Waals surface area contributed by atoms with Gasteiger partial charge in [0.1, 0.15) is 18.8 Å². The van der Waals surface area contributed by atoms with E-state index in [1.54, 1.807) is 0 Å². The summed E-state index contributed by atoms with van der Waals surface area (Å²) in [5, 5.41) is 0. The summed E-state index contributed by atoms with van der Waals surface area (Å²) in [5.74, 6) is -0.372. The molecule has 0 aliphatic rings. The van der Waals surface area contributed by atoms with Gasteiger partial charge >= 0.3 is 5.97 Å². The smallest absolute Gasteiger partial charge is 0.332 e. The lowest BCUT2D eigenvalue weighted by Crippen LogP contribution is -2.27. The van der Waals surface area contributed by atoms with E-state index in [1.807, 2.05) is 20.8 Å². The first-order chi connectivity index (χ1) is 9.45. The van der Waals surface area contributed by atoms with E-state index in [0.29, 0.717) is 39.6 Å². The molecule has 0 amide bonds. The van der Waals surface area contributed by atoms with Crippen LogP contribution in [0.25, 0.3) is 0 Å². The Morgan fingerprint density at radius 2 is 1.45 bits per heavy atom. The first-order valence-electron chi connectivity index (χ1n) is 6.63. The van der Waals surface area contributed by atoms with Crippen LogP contribution in [0.4, 0.5) is 0 Å². The van der Waals surface area contributed by atoms with Crippen molar-refractivity contribution in [2.75, 3.05) is 46.2 Å². The van der Waals surface area contributed by atoms with Crippen molar-refractivity contribution < 1.29 is 28.5 Å². The summed E-state index contributed by atoms with van der Waals surface area (Å²) in [6, 6.07) is 0. The van der Waals surface area contributed by atoms with Crippen molar-refractivity contribution in [1.29, 1.82) is 0 Å². The molecule has 0 aromatic rings. The fourth-order valence-electron chi connectivity index (χ4n) is 1.16. The van der Waals surface area contributed by atoms with E-state index >= 15 is 0 Å². The standard InChI is InChI=1S/C14H26O6/c1-5-16-6-7-17-8-9-18-10-11-19-12-13(15)20-14(2,3)4/h5H,1,6-12H2,2-4H3. The van der Waals surface area contributed by atoms with Gasteiger partial charge in [-0.1, -0.05) is 6.58 Å². The summed E-state index contributed by atoms with van der Waals surface area (Å²) in [7, 11) is 0. The minimum atomic E-state index is -0.483. The minimum Gasteiger partial charge on any atom is -0.499 e. The number of hydrogen-bond donors (Lipinski definition) is 0. The van der Waals surface area contributed by atoms with Crippen LogP contribution in [0.3, 0.4) is 0 Å². The molecule has 0 unspecified atom stereocenters. The molecule has 0 bridgehead atoms. The third-order valence-corrected chi connectivity index (χ3v) is 1.85. The zero-order valence-electron chi connectivity index (χ0n) is 12.7. The van der Waals surface area contributed by atoms with Crippen molar-refractivity contribution in [3.05, 3.63) is 12.8 Å². The molecule has 0 aliphatic carbocycles. The van der Waals surface area contributed by atoms with E-state index < -0.39 is 5.60 Å². The summed E-state index contributed by atoms with van der Waals surface area (Å²) in [4.78, 5) is 11.3. The molecule has 0 heterocycles. The number of ether oxygens (including phenoxy) is 5. The van der Waals surface area contributed by atoms with Crippen LogP contribution in [0.2, 0.25) is 0 Å².